The Kier molecular flexibility index (Phi) is 6.62. The van der Waals surface area contributed by atoms with E-state index in [4.69, 9.17) is 0 Å². The number of amides is 1. The lowest BCUT2D eigenvalue weighted by Gasteiger charge is -2.31. The molecule has 0 unspecified atom stereocenters. The van der Waals surface area contributed by atoms with Gasteiger partial charge in [-0.25, -0.2) is 14.4 Å². The van der Waals surface area contributed by atoms with Crippen molar-refractivity contribution in [3.8, 4) is 0 Å². The van der Waals surface area contributed by atoms with E-state index in [1.807, 2.05) is 25.3 Å². The van der Waals surface area contributed by atoms with Crippen LogP contribution >= 0.6 is 0 Å². The largest absolute Gasteiger partial charge is 0.348 e. The van der Waals surface area contributed by atoms with Crippen LogP contribution in [0.25, 0.3) is 0 Å². The van der Waals surface area contributed by atoms with Crippen LogP contribution in [0.3, 0.4) is 0 Å². The summed E-state index contributed by atoms with van der Waals surface area (Å²) in [6.07, 6.45) is 5.43. The number of halogens is 1. The molecule has 3 heterocycles. The standard InChI is InChI=1S/C24H26FN5O/c1-17-22(24(31)28-14-18-5-7-20(25)8-6-18)15-27-23(29-17)19-9-12-30(13-10-19)16-21-4-2-3-11-26-21/h2-8,11,15,19H,9-10,12-14,16H2,1H3,(H,28,31). The summed E-state index contributed by atoms with van der Waals surface area (Å²) in [5.74, 6) is 0.594. The van der Waals surface area contributed by atoms with E-state index in [0.717, 1.165) is 49.6 Å². The molecule has 1 saturated heterocycles. The summed E-state index contributed by atoms with van der Waals surface area (Å²) >= 11 is 0. The molecular formula is C24H26FN5O. The third-order valence-corrected chi connectivity index (χ3v) is 5.67. The van der Waals surface area contributed by atoms with Gasteiger partial charge in [0, 0.05) is 31.4 Å². The molecule has 2 aromatic heterocycles. The summed E-state index contributed by atoms with van der Waals surface area (Å²) in [5, 5.41) is 2.85. The van der Waals surface area contributed by atoms with Gasteiger partial charge in [-0.15, -0.1) is 0 Å². The number of aryl methyl sites for hydroxylation is 1. The van der Waals surface area contributed by atoms with Gasteiger partial charge in [-0.3, -0.25) is 14.7 Å². The predicted octanol–water partition coefficient (Wildman–Crippen LogP) is 3.63. The summed E-state index contributed by atoms with van der Waals surface area (Å²) < 4.78 is 13.0. The van der Waals surface area contributed by atoms with Crippen LogP contribution in [0.1, 0.15) is 51.9 Å². The molecule has 1 aliphatic rings. The molecular weight excluding hydrogens is 393 g/mol. The van der Waals surface area contributed by atoms with Crippen LogP contribution in [-0.4, -0.2) is 38.8 Å². The van der Waals surface area contributed by atoms with Gasteiger partial charge < -0.3 is 5.32 Å². The van der Waals surface area contributed by atoms with Crippen LogP contribution in [-0.2, 0) is 13.1 Å². The number of rotatable bonds is 6. The number of nitrogens with one attached hydrogen (secondary N) is 1. The number of likely N-dealkylation sites (tertiary alicyclic amines) is 1. The van der Waals surface area contributed by atoms with Gasteiger partial charge in [-0.2, -0.15) is 0 Å². The maximum atomic E-state index is 13.0. The average Bonchev–Trinajstić information content (AvgIpc) is 2.79. The molecule has 1 aromatic carbocycles. The van der Waals surface area contributed by atoms with Crippen molar-refractivity contribution in [1.29, 1.82) is 0 Å². The fourth-order valence-electron chi connectivity index (χ4n) is 3.85. The Bertz CT molecular complexity index is 1020. The van der Waals surface area contributed by atoms with Gasteiger partial charge in [0.05, 0.1) is 17.0 Å². The summed E-state index contributed by atoms with van der Waals surface area (Å²) in [7, 11) is 0. The van der Waals surface area contributed by atoms with Gasteiger partial charge in [0.25, 0.3) is 5.91 Å². The molecule has 0 radical (unpaired) electrons. The minimum atomic E-state index is -0.294. The zero-order valence-corrected chi connectivity index (χ0v) is 17.6. The number of aromatic nitrogens is 3. The third-order valence-electron chi connectivity index (χ3n) is 5.67. The molecule has 1 amide bonds. The van der Waals surface area contributed by atoms with Crippen molar-refractivity contribution in [2.45, 2.75) is 38.8 Å². The van der Waals surface area contributed by atoms with Gasteiger partial charge in [-0.05, 0) is 62.7 Å². The van der Waals surface area contributed by atoms with Crippen molar-refractivity contribution in [2.75, 3.05) is 13.1 Å². The molecule has 160 valence electrons. The highest BCUT2D eigenvalue weighted by Gasteiger charge is 2.24. The summed E-state index contributed by atoms with van der Waals surface area (Å²) in [6.45, 7) is 4.98. The second-order valence-electron chi connectivity index (χ2n) is 7.91. The normalized spacial score (nSPS) is 15.0. The van der Waals surface area contributed by atoms with Gasteiger partial charge in [0.1, 0.15) is 11.6 Å². The number of hydrogen-bond acceptors (Lipinski definition) is 5. The lowest BCUT2D eigenvalue weighted by molar-refractivity contribution is 0.0949. The maximum absolute atomic E-state index is 13.0. The quantitative estimate of drug-likeness (QED) is 0.661. The van der Waals surface area contributed by atoms with Gasteiger partial charge in [0.15, 0.2) is 0 Å². The first-order valence-corrected chi connectivity index (χ1v) is 10.6. The van der Waals surface area contributed by atoms with E-state index in [-0.39, 0.29) is 11.7 Å². The van der Waals surface area contributed by atoms with Crippen molar-refractivity contribution >= 4 is 5.91 Å². The Morgan fingerprint density at radius 1 is 1.13 bits per heavy atom. The van der Waals surface area contributed by atoms with Gasteiger partial charge in [-0.1, -0.05) is 18.2 Å². The van der Waals surface area contributed by atoms with Crippen molar-refractivity contribution in [1.82, 2.24) is 25.2 Å². The predicted molar refractivity (Wildman–Crippen MR) is 116 cm³/mol. The highest BCUT2D eigenvalue weighted by Crippen LogP contribution is 2.26. The van der Waals surface area contributed by atoms with Crippen LogP contribution < -0.4 is 5.32 Å². The van der Waals surface area contributed by atoms with E-state index < -0.39 is 0 Å². The zero-order valence-electron chi connectivity index (χ0n) is 17.6. The SMILES string of the molecule is Cc1nc(C2CCN(Cc3ccccn3)CC2)ncc1C(=O)NCc1ccc(F)cc1. The Morgan fingerprint density at radius 2 is 1.90 bits per heavy atom. The van der Waals surface area contributed by atoms with E-state index in [0.29, 0.717) is 23.7 Å². The topological polar surface area (TPSA) is 71.0 Å². The van der Waals surface area contributed by atoms with Crippen LogP contribution in [0.15, 0.2) is 54.9 Å². The fraction of sp³-hybridized carbons (Fsp3) is 0.333. The molecule has 31 heavy (non-hydrogen) atoms. The minimum Gasteiger partial charge on any atom is -0.348 e. The summed E-state index contributed by atoms with van der Waals surface area (Å²) in [6, 6.07) is 12.1. The van der Waals surface area contributed by atoms with E-state index in [1.165, 1.54) is 12.1 Å². The molecule has 4 rings (SSSR count). The lowest BCUT2D eigenvalue weighted by Crippen LogP contribution is -2.33. The van der Waals surface area contributed by atoms with Crippen molar-refractivity contribution in [2.24, 2.45) is 0 Å². The molecule has 7 heteroatoms. The average molecular weight is 420 g/mol. The molecule has 0 aliphatic carbocycles. The van der Waals surface area contributed by atoms with E-state index in [2.05, 4.69) is 31.2 Å². The number of benzene rings is 1. The van der Waals surface area contributed by atoms with Crippen LogP contribution in [0.4, 0.5) is 4.39 Å². The Balaban J connectivity index is 1.32. The molecule has 0 bridgehead atoms. The monoisotopic (exact) mass is 419 g/mol. The minimum absolute atomic E-state index is 0.224. The first kappa shape index (κ1) is 21.1. The van der Waals surface area contributed by atoms with Gasteiger partial charge >= 0.3 is 0 Å². The lowest BCUT2D eigenvalue weighted by atomic mass is 9.95. The number of nitrogens with zero attached hydrogens (tertiary/aromatic N) is 4. The molecule has 0 atom stereocenters. The number of carbonyl (C=O) groups is 1. The summed E-state index contributed by atoms with van der Waals surface area (Å²) in [5.41, 5.74) is 3.07. The molecule has 0 spiro atoms. The van der Waals surface area contributed by atoms with Gasteiger partial charge in [0.2, 0.25) is 0 Å². The number of carbonyl (C=O) groups excluding carboxylic acids is 1. The molecule has 0 saturated carbocycles. The number of hydrogen-bond donors (Lipinski definition) is 1. The Hall–Kier alpha value is -3.19. The Morgan fingerprint density at radius 3 is 2.58 bits per heavy atom. The van der Waals surface area contributed by atoms with E-state index in [1.54, 1.807) is 18.3 Å². The maximum Gasteiger partial charge on any atom is 0.254 e. The van der Waals surface area contributed by atoms with E-state index in [9.17, 15) is 9.18 Å². The third kappa shape index (κ3) is 5.49. The molecule has 1 fully saturated rings. The van der Waals surface area contributed by atoms with Crippen molar-refractivity contribution in [3.63, 3.8) is 0 Å². The first-order valence-electron chi connectivity index (χ1n) is 10.6. The van der Waals surface area contributed by atoms with E-state index >= 15 is 0 Å². The van der Waals surface area contributed by atoms with Crippen LogP contribution in [0, 0.1) is 12.7 Å². The zero-order chi connectivity index (χ0) is 21.6. The number of piperidine rings is 1. The summed E-state index contributed by atoms with van der Waals surface area (Å²) in [4.78, 5) is 28.5. The molecule has 1 aliphatic heterocycles. The number of pyridine rings is 1. The highest BCUT2D eigenvalue weighted by atomic mass is 19.1. The molecule has 3 aromatic rings. The van der Waals surface area contributed by atoms with Crippen LogP contribution in [0.2, 0.25) is 0 Å². The molecule has 1 N–H and O–H groups in total. The van der Waals surface area contributed by atoms with Crippen molar-refractivity contribution < 1.29 is 9.18 Å². The fourth-order valence-corrected chi connectivity index (χ4v) is 3.85. The second kappa shape index (κ2) is 9.75. The molecule has 6 nitrogen and oxygen atoms in total. The first-order chi connectivity index (χ1) is 15.1. The van der Waals surface area contributed by atoms with Crippen LogP contribution in [0.5, 0.6) is 0 Å². The highest BCUT2D eigenvalue weighted by molar-refractivity contribution is 5.94. The van der Waals surface area contributed by atoms with Crippen molar-refractivity contribution in [3.05, 3.63) is 89.0 Å². The smallest absolute Gasteiger partial charge is 0.254 e. The Labute approximate surface area is 181 Å². The second-order valence-corrected chi connectivity index (χ2v) is 7.91.